The van der Waals surface area contributed by atoms with Crippen LogP contribution in [0.1, 0.15) is 19.8 Å². The maximum atomic E-state index is 12.0. The molecule has 0 spiro atoms. The summed E-state index contributed by atoms with van der Waals surface area (Å²) in [5, 5.41) is 5.98. The van der Waals surface area contributed by atoms with Gasteiger partial charge in [-0.25, -0.2) is 4.79 Å². The second-order valence-electron chi connectivity index (χ2n) is 5.05. The number of carbonyl (C=O) groups is 2. The molecule has 0 bridgehead atoms. The monoisotopic (exact) mass is 240 g/mol. The van der Waals surface area contributed by atoms with Crippen molar-refractivity contribution in [2.75, 3.05) is 20.2 Å². The first-order chi connectivity index (χ1) is 8.13. The lowest BCUT2D eigenvalue weighted by atomic mass is 9.88. The van der Waals surface area contributed by atoms with Crippen LogP contribution in [0.25, 0.3) is 0 Å². The van der Waals surface area contributed by atoms with Crippen molar-refractivity contribution in [3.8, 4) is 0 Å². The Balaban J connectivity index is 1.88. The van der Waals surface area contributed by atoms with E-state index in [1.54, 1.807) is 0 Å². The number of carbonyl (C=O) groups excluding carboxylic acids is 2. The summed E-state index contributed by atoms with van der Waals surface area (Å²) in [5.74, 6) is 0.284. The number of ether oxygens (including phenoxy) is 1. The molecule has 1 aliphatic heterocycles. The zero-order chi connectivity index (χ0) is 12.4. The van der Waals surface area contributed by atoms with E-state index in [-0.39, 0.29) is 23.7 Å². The van der Waals surface area contributed by atoms with E-state index in [0.29, 0.717) is 5.92 Å². The molecule has 5 heteroatoms. The molecule has 0 radical (unpaired) electrons. The first-order valence-corrected chi connectivity index (χ1v) is 6.22. The molecule has 1 aliphatic carbocycles. The lowest BCUT2D eigenvalue weighted by Gasteiger charge is -2.32. The van der Waals surface area contributed by atoms with Crippen LogP contribution in [0, 0.1) is 17.8 Å². The van der Waals surface area contributed by atoms with Gasteiger partial charge in [-0.1, -0.05) is 6.92 Å². The van der Waals surface area contributed by atoms with Gasteiger partial charge in [-0.05, 0) is 37.8 Å². The quantitative estimate of drug-likeness (QED) is 0.659. The van der Waals surface area contributed by atoms with E-state index in [2.05, 4.69) is 10.6 Å². The number of methoxy groups -OCH3 is 1. The topological polar surface area (TPSA) is 67.4 Å². The predicted octanol–water partition coefficient (Wildman–Crippen LogP) is -0.0903. The van der Waals surface area contributed by atoms with E-state index in [4.69, 9.17) is 4.74 Å². The summed E-state index contributed by atoms with van der Waals surface area (Å²) >= 11 is 0. The van der Waals surface area contributed by atoms with E-state index >= 15 is 0 Å². The zero-order valence-electron chi connectivity index (χ0n) is 10.4. The number of hydrogen-bond donors (Lipinski definition) is 2. The van der Waals surface area contributed by atoms with Crippen LogP contribution in [0.4, 0.5) is 0 Å². The third kappa shape index (κ3) is 2.77. The van der Waals surface area contributed by atoms with Gasteiger partial charge in [-0.2, -0.15) is 0 Å². The number of amides is 1. The maximum Gasteiger partial charge on any atom is 0.328 e. The summed E-state index contributed by atoms with van der Waals surface area (Å²) in [4.78, 5) is 23.5. The van der Waals surface area contributed by atoms with E-state index in [1.807, 2.05) is 6.92 Å². The molecule has 1 saturated heterocycles. The fraction of sp³-hybridized carbons (Fsp3) is 0.833. The van der Waals surface area contributed by atoms with Crippen LogP contribution in [-0.2, 0) is 14.3 Å². The van der Waals surface area contributed by atoms with Gasteiger partial charge in [0.05, 0.1) is 7.11 Å². The Labute approximate surface area is 101 Å². The van der Waals surface area contributed by atoms with Gasteiger partial charge in [0.15, 0.2) is 0 Å². The molecule has 0 aromatic rings. The number of nitrogens with one attached hydrogen (secondary N) is 2. The average Bonchev–Trinajstić information content (AvgIpc) is 3.05. The SMILES string of the molecule is COC(=O)C(NC(=O)C(C)C1CNC1)C1CC1. The highest BCUT2D eigenvalue weighted by molar-refractivity contribution is 5.86. The Kier molecular flexibility index (Phi) is 3.66. The Morgan fingerprint density at radius 1 is 1.29 bits per heavy atom. The van der Waals surface area contributed by atoms with Crippen molar-refractivity contribution in [3.05, 3.63) is 0 Å². The van der Waals surface area contributed by atoms with Gasteiger partial charge < -0.3 is 15.4 Å². The van der Waals surface area contributed by atoms with Crippen molar-refractivity contribution in [3.63, 3.8) is 0 Å². The Morgan fingerprint density at radius 2 is 1.94 bits per heavy atom. The molecule has 1 saturated carbocycles. The van der Waals surface area contributed by atoms with Crippen molar-refractivity contribution in [1.29, 1.82) is 0 Å². The Morgan fingerprint density at radius 3 is 2.35 bits per heavy atom. The molecule has 2 unspecified atom stereocenters. The number of rotatable bonds is 5. The highest BCUT2D eigenvalue weighted by Crippen LogP contribution is 2.33. The van der Waals surface area contributed by atoms with E-state index in [0.717, 1.165) is 25.9 Å². The molecule has 2 aliphatic rings. The second-order valence-corrected chi connectivity index (χ2v) is 5.05. The van der Waals surface area contributed by atoms with Crippen LogP contribution in [0.3, 0.4) is 0 Å². The molecule has 2 fully saturated rings. The fourth-order valence-electron chi connectivity index (χ4n) is 2.09. The van der Waals surface area contributed by atoms with Gasteiger partial charge in [0, 0.05) is 5.92 Å². The minimum Gasteiger partial charge on any atom is -0.467 e. The Bertz CT molecular complexity index is 311. The smallest absolute Gasteiger partial charge is 0.328 e. The summed E-state index contributed by atoms with van der Waals surface area (Å²) < 4.78 is 4.73. The largest absolute Gasteiger partial charge is 0.467 e. The van der Waals surface area contributed by atoms with E-state index < -0.39 is 6.04 Å². The van der Waals surface area contributed by atoms with Crippen molar-refractivity contribution in [2.45, 2.75) is 25.8 Å². The molecule has 2 N–H and O–H groups in total. The van der Waals surface area contributed by atoms with Gasteiger partial charge in [-0.3, -0.25) is 4.79 Å². The molecule has 17 heavy (non-hydrogen) atoms. The number of hydrogen-bond acceptors (Lipinski definition) is 4. The van der Waals surface area contributed by atoms with Crippen molar-refractivity contribution in [1.82, 2.24) is 10.6 Å². The van der Waals surface area contributed by atoms with Crippen LogP contribution in [0.15, 0.2) is 0 Å². The third-order valence-electron chi connectivity index (χ3n) is 3.78. The van der Waals surface area contributed by atoms with Gasteiger partial charge in [0.1, 0.15) is 6.04 Å². The summed E-state index contributed by atoms with van der Waals surface area (Å²) in [6, 6.07) is -0.442. The number of esters is 1. The lowest BCUT2D eigenvalue weighted by Crippen LogP contribution is -2.52. The minimum absolute atomic E-state index is 0.0289. The second kappa shape index (κ2) is 5.04. The highest BCUT2D eigenvalue weighted by atomic mass is 16.5. The summed E-state index contributed by atoms with van der Waals surface area (Å²) in [7, 11) is 1.36. The molecule has 2 atom stereocenters. The standard InChI is InChI=1S/C12H20N2O3/c1-7(9-5-13-6-9)11(15)14-10(8-3-4-8)12(16)17-2/h7-10,13H,3-6H2,1-2H3,(H,14,15). The summed E-state index contributed by atoms with van der Waals surface area (Å²) in [6.45, 7) is 3.70. The van der Waals surface area contributed by atoms with E-state index in [9.17, 15) is 9.59 Å². The predicted molar refractivity (Wildman–Crippen MR) is 62.2 cm³/mol. The van der Waals surface area contributed by atoms with Gasteiger partial charge >= 0.3 is 5.97 Å². The van der Waals surface area contributed by atoms with Crippen LogP contribution < -0.4 is 10.6 Å². The Hall–Kier alpha value is -1.10. The molecule has 1 amide bonds. The molecule has 1 heterocycles. The molecule has 5 nitrogen and oxygen atoms in total. The van der Waals surface area contributed by atoms with Crippen molar-refractivity contribution in [2.24, 2.45) is 17.8 Å². The zero-order valence-corrected chi connectivity index (χ0v) is 10.4. The summed E-state index contributed by atoms with van der Waals surface area (Å²) in [5.41, 5.74) is 0. The average molecular weight is 240 g/mol. The molecular weight excluding hydrogens is 220 g/mol. The highest BCUT2D eigenvalue weighted by Gasteiger charge is 2.39. The summed E-state index contributed by atoms with van der Waals surface area (Å²) in [6.07, 6.45) is 2.00. The van der Waals surface area contributed by atoms with Crippen molar-refractivity contribution >= 4 is 11.9 Å². The normalized spacial score (nSPS) is 23.4. The molecule has 2 rings (SSSR count). The maximum absolute atomic E-state index is 12.0. The van der Waals surface area contributed by atoms with E-state index in [1.165, 1.54) is 7.11 Å². The molecule has 0 aromatic carbocycles. The minimum atomic E-state index is -0.442. The fourth-order valence-corrected chi connectivity index (χ4v) is 2.09. The van der Waals surface area contributed by atoms with Gasteiger partial charge in [0.25, 0.3) is 0 Å². The third-order valence-corrected chi connectivity index (χ3v) is 3.78. The molecule has 0 aromatic heterocycles. The van der Waals surface area contributed by atoms with Crippen LogP contribution in [0.2, 0.25) is 0 Å². The first-order valence-electron chi connectivity index (χ1n) is 6.22. The van der Waals surface area contributed by atoms with Crippen LogP contribution in [-0.4, -0.2) is 38.1 Å². The van der Waals surface area contributed by atoms with Gasteiger partial charge in [0.2, 0.25) is 5.91 Å². The van der Waals surface area contributed by atoms with Crippen LogP contribution in [0.5, 0.6) is 0 Å². The van der Waals surface area contributed by atoms with Gasteiger partial charge in [-0.15, -0.1) is 0 Å². The molecule has 96 valence electrons. The van der Waals surface area contributed by atoms with Crippen LogP contribution >= 0.6 is 0 Å². The first kappa shape index (κ1) is 12.4. The van der Waals surface area contributed by atoms with Crippen molar-refractivity contribution < 1.29 is 14.3 Å². The lowest BCUT2D eigenvalue weighted by molar-refractivity contribution is -0.146. The molecular formula is C12H20N2O3.